The average Bonchev–Trinajstić information content (AvgIpc) is 2.14. The summed E-state index contributed by atoms with van der Waals surface area (Å²) >= 11 is 0. The number of hydrogen-bond acceptors (Lipinski definition) is 5. The molecule has 0 saturated heterocycles. The predicted molar refractivity (Wildman–Crippen MR) is 66.4 cm³/mol. The molecule has 3 atom stereocenters. The van der Waals surface area contributed by atoms with Crippen LogP contribution in [-0.2, 0) is 9.36 Å². The molecule has 2 unspecified atom stereocenters. The van der Waals surface area contributed by atoms with Crippen LogP contribution >= 0.6 is 7.52 Å². The molecule has 0 spiro atoms. The van der Waals surface area contributed by atoms with Crippen molar-refractivity contribution in [3.05, 3.63) is 0 Å². The van der Waals surface area contributed by atoms with E-state index in [9.17, 15) is 19.4 Å². The van der Waals surface area contributed by atoms with Gasteiger partial charge in [-0.05, 0) is 24.7 Å². The number of carboxylic acids is 1. The van der Waals surface area contributed by atoms with Crippen molar-refractivity contribution < 1.29 is 57.1 Å². The van der Waals surface area contributed by atoms with E-state index in [1.807, 2.05) is 13.8 Å². The standard InChI is InChI=1S/C11H25N2O4P.2Li/c1-7(2)5-9(11(14)15)13-18(16,17)10(12)6-8(3)4;;/h7-10H,5-6,12H2,1-4H3,(H,14,15)(H2,13,16,17);;/q;2*+1/p-2/t9-,10?;;/m0../s1. The molecule has 0 aliphatic carbocycles. The first-order valence-corrected chi connectivity index (χ1v) is 7.80. The Morgan fingerprint density at radius 1 is 1.15 bits per heavy atom. The third-order valence-corrected chi connectivity index (χ3v) is 4.23. The molecule has 9 heteroatoms. The molecule has 0 aromatic heterocycles. The van der Waals surface area contributed by atoms with Crippen LogP contribution in [0.2, 0.25) is 0 Å². The number of nitrogens with one attached hydrogen (secondary N) is 1. The summed E-state index contributed by atoms with van der Waals surface area (Å²) in [6.07, 6.45) is 0.470. The molecule has 0 bridgehead atoms. The van der Waals surface area contributed by atoms with Gasteiger partial charge in [0.1, 0.15) is 0 Å². The van der Waals surface area contributed by atoms with E-state index in [0.717, 1.165) is 0 Å². The number of carbonyl (C=O) groups excluding carboxylic acids is 1. The topological polar surface area (TPSA) is 118 Å². The minimum absolute atomic E-state index is 0. The summed E-state index contributed by atoms with van der Waals surface area (Å²) in [5, 5.41) is 13.0. The zero-order valence-electron chi connectivity index (χ0n) is 13.4. The number of carboxylic acid groups (broad SMARTS) is 1. The molecule has 0 radical (unpaired) electrons. The number of rotatable bonds is 8. The third-order valence-electron chi connectivity index (χ3n) is 2.48. The minimum Gasteiger partial charge on any atom is -0.787 e. The van der Waals surface area contributed by atoms with Crippen molar-refractivity contribution in [3.8, 4) is 0 Å². The molecule has 0 heterocycles. The van der Waals surface area contributed by atoms with Crippen molar-refractivity contribution in [2.45, 2.75) is 52.4 Å². The van der Waals surface area contributed by atoms with E-state index in [4.69, 9.17) is 5.73 Å². The largest absolute Gasteiger partial charge is 1.00 e. The first kappa shape index (κ1) is 25.7. The molecule has 108 valence electrons. The number of nitrogens with two attached hydrogens (primary N) is 1. The molecule has 0 fully saturated rings. The van der Waals surface area contributed by atoms with Crippen LogP contribution in [0.4, 0.5) is 0 Å². The Labute approximate surface area is 145 Å². The number of aliphatic carboxylic acids is 1. The first-order chi connectivity index (χ1) is 8.06. The fraction of sp³-hybridized carbons (Fsp3) is 0.909. The van der Waals surface area contributed by atoms with E-state index in [1.54, 1.807) is 13.8 Å². The molecule has 0 rings (SSSR count). The molecule has 0 aliphatic heterocycles. The Kier molecular flexibility index (Phi) is 14.6. The van der Waals surface area contributed by atoms with Gasteiger partial charge in [-0.3, -0.25) is 5.09 Å². The summed E-state index contributed by atoms with van der Waals surface area (Å²) in [5.74, 6) is -2.33. The molecule has 0 aromatic carbocycles. The van der Waals surface area contributed by atoms with Crippen molar-refractivity contribution in [1.82, 2.24) is 5.09 Å². The molecular formula is C11H23Li2N2O4P. The first-order valence-electron chi connectivity index (χ1n) is 6.11. The van der Waals surface area contributed by atoms with Crippen molar-refractivity contribution in [2.24, 2.45) is 17.6 Å². The number of hydrogen-bond donors (Lipinski definition) is 2. The van der Waals surface area contributed by atoms with Gasteiger partial charge in [-0.2, -0.15) is 0 Å². The van der Waals surface area contributed by atoms with E-state index < -0.39 is 25.3 Å². The van der Waals surface area contributed by atoms with E-state index in [2.05, 4.69) is 5.09 Å². The van der Waals surface area contributed by atoms with Gasteiger partial charge in [0.15, 0.2) is 0 Å². The van der Waals surface area contributed by atoms with Crippen LogP contribution in [0.3, 0.4) is 0 Å². The van der Waals surface area contributed by atoms with Crippen LogP contribution < -0.4 is 58.5 Å². The second kappa shape index (κ2) is 11.4. The molecule has 0 aromatic rings. The second-order valence-electron chi connectivity index (χ2n) is 5.42. The van der Waals surface area contributed by atoms with E-state index in [-0.39, 0.29) is 62.4 Å². The number of carbonyl (C=O) groups is 1. The van der Waals surface area contributed by atoms with Gasteiger partial charge in [0.25, 0.3) is 0 Å². The van der Waals surface area contributed by atoms with Crippen LogP contribution in [0.5, 0.6) is 0 Å². The van der Waals surface area contributed by atoms with Gasteiger partial charge in [-0.25, -0.2) is 0 Å². The maximum absolute atomic E-state index is 11.9. The normalized spacial score (nSPS) is 16.8. The van der Waals surface area contributed by atoms with Gasteiger partial charge in [-0.15, -0.1) is 0 Å². The van der Waals surface area contributed by atoms with Gasteiger partial charge in [0, 0.05) is 0 Å². The van der Waals surface area contributed by atoms with Gasteiger partial charge < -0.3 is 25.1 Å². The van der Waals surface area contributed by atoms with E-state index >= 15 is 0 Å². The summed E-state index contributed by atoms with van der Waals surface area (Å²) < 4.78 is 11.9. The fourth-order valence-corrected chi connectivity index (χ4v) is 3.14. The molecule has 20 heavy (non-hydrogen) atoms. The van der Waals surface area contributed by atoms with Crippen molar-refractivity contribution >= 4 is 13.5 Å². The molecule has 0 amide bonds. The Hall–Kier alpha value is 0.775. The SMILES string of the molecule is CC(C)CC(N)P(=O)([O-])N[C@@H](CC(C)C)C(=O)[O-].[Li+].[Li+]. The molecule has 6 nitrogen and oxygen atoms in total. The van der Waals surface area contributed by atoms with Crippen molar-refractivity contribution in [1.29, 1.82) is 0 Å². The van der Waals surface area contributed by atoms with Crippen molar-refractivity contribution in [3.63, 3.8) is 0 Å². The van der Waals surface area contributed by atoms with E-state index in [1.165, 1.54) is 0 Å². The van der Waals surface area contributed by atoms with Crippen molar-refractivity contribution in [2.75, 3.05) is 0 Å². The predicted octanol–water partition coefficient (Wildman–Crippen LogP) is -6.37. The van der Waals surface area contributed by atoms with Crippen LogP contribution in [0.25, 0.3) is 0 Å². The van der Waals surface area contributed by atoms with Crippen LogP contribution in [0, 0.1) is 11.8 Å². The zero-order chi connectivity index (χ0) is 14.5. The summed E-state index contributed by atoms with van der Waals surface area (Å²) in [5.41, 5.74) is 5.58. The zero-order valence-corrected chi connectivity index (χ0v) is 14.3. The molecular weight excluding hydrogens is 269 g/mol. The van der Waals surface area contributed by atoms with Gasteiger partial charge in [0.05, 0.1) is 25.3 Å². The summed E-state index contributed by atoms with van der Waals surface area (Å²) in [6, 6.07) is -1.22. The Balaban J connectivity index is -0.00000144. The quantitative estimate of drug-likeness (QED) is 0.339. The monoisotopic (exact) mass is 292 g/mol. The van der Waals surface area contributed by atoms with Crippen LogP contribution in [0.15, 0.2) is 0 Å². The summed E-state index contributed by atoms with van der Waals surface area (Å²) in [6.45, 7) is 7.32. The maximum atomic E-state index is 11.9. The molecule has 0 saturated carbocycles. The van der Waals surface area contributed by atoms with Gasteiger partial charge in [-0.1, -0.05) is 27.7 Å². The molecule has 0 aliphatic rings. The van der Waals surface area contributed by atoms with Crippen LogP contribution in [-0.4, -0.2) is 17.8 Å². The smallest absolute Gasteiger partial charge is 0.787 e. The Morgan fingerprint density at radius 2 is 1.55 bits per heavy atom. The second-order valence-corrected chi connectivity index (χ2v) is 7.54. The van der Waals surface area contributed by atoms with Gasteiger partial charge in [0.2, 0.25) is 0 Å². The average molecular weight is 292 g/mol. The third kappa shape index (κ3) is 10.5. The Morgan fingerprint density at radius 3 is 1.85 bits per heavy atom. The Bertz CT molecular complexity index is 330. The summed E-state index contributed by atoms with van der Waals surface area (Å²) in [4.78, 5) is 22.7. The minimum atomic E-state index is -4.15. The maximum Gasteiger partial charge on any atom is 1.00 e. The van der Waals surface area contributed by atoms with Gasteiger partial charge >= 0.3 is 37.7 Å². The summed E-state index contributed by atoms with van der Waals surface area (Å²) in [7, 11) is -4.15. The fourth-order valence-electron chi connectivity index (χ4n) is 1.61. The van der Waals surface area contributed by atoms with E-state index in [0.29, 0.717) is 0 Å². The van der Waals surface area contributed by atoms with Crippen LogP contribution in [0.1, 0.15) is 40.5 Å². The molecule has 3 N–H and O–H groups in total.